The normalized spacial score (nSPS) is 14.4. The fourth-order valence-corrected chi connectivity index (χ4v) is 5.37. The molecule has 0 aliphatic carbocycles. The fraction of sp³-hybridized carbons (Fsp3) is 0.261. The van der Waals surface area contributed by atoms with Crippen molar-refractivity contribution >= 4 is 33.4 Å². The Bertz CT molecular complexity index is 1250. The van der Waals surface area contributed by atoms with Crippen LogP contribution in [0.1, 0.15) is 31.5 Å². The lowest BCUT2D eigenvalue weighted by atomic mass is 10.1. The average molecular weight is 435 g/mol. The van der Waals surface area contributed by atoms with E-state index in [9.17, 15) is 9.59 Å². The third kappa shape index (κ3) is 3.42. The number of rotatable bonds is 3. The summed E-state index contributed by atoms with van der Waals surface area (Å²) >= 11 is 1.44. The van der Waals surface area contributed by atoms with Gasteiger partial charge in [0.25, 0.3) is 11.8 Å². The molecule has 5 heterocycles. The number of amides is 2. The third-order valence-electron chi connectivity index (χ3n) is 5.61. The second-order valence-electron chi connectivity index (χ2n) is 7.69. The first-order chi connectivity index (χ1) is 15.0. The molecule has 4 aromatic heterocycles. The smallest absolute Gasteiger partial charge is 0.289 e. The van der Waals surface area contributed by atoms with Gasteiger partial charge in [-0.3, -0.25) is 9.59 Å². The van der Waals surface area contributed by atoms with Crippen LogP contribution in [0.15, 0.2) is 53.4 Å². The van der Waals surface area contributed by atoms with E-state index in [-0.39, 0.29) is 11.8 Å². The molecule has 7 nitrogen and oxygen atoms in total. The summed E-state index contributed by atoms with van der Waals surface area (Å²) in [4.78, 5) is 35.9. The van der Waals surface area contributed by atoms with E-state index in [1.54, 1.807) is 17.0 Å². The van der Waals surface area contributed by atoms with Gasteiger partial charge in [-0.1, -0.05) is 0 Å². The van der Waals surface area contributed by atoms with E-state index in [0.29, 0.717) is 36.8 Å². The molecule has 4 aromatic rings. The average Bonchev–Trinajstić information content (AvgIpc) is 3.52. The van der Waals surface area contributed by atoms with Gasteiger partial charge in [0.15, 0.2) is 5.76 Å². The van der Waals surface area contributed by atoms with Gasteiger partial charge in [0, 0.05) is 49.7 Å². The Morgan fingerprint density at radius 1 is 1.00 bits per heavy atom. The minimum atomic E-state index is -0.137. The van der Waals surface area contributed by atoms with Crippen molar-refractivity contribution in [1.29, 1.82) is 0 Å². The van der Waals surface area contributed by atoms with Crippen LogP contribution >= 0.6 is 11.3 Å². The predicted octanol–water partition coefficient (Wildman–Crippen LogP) is 3.90. The lowest BCUT2D eigenvalue weighted by Crippen LogP contribution is -2.50. The van der Waals surface area contributed by atoms with Crippen LogP contribution in [0.25, 0.3) is 15.9 Å². The molecule has 2 amide bonds. The zero-order valence-corrected chi connectivity index (χ0v) is 18.2. The number of pyridine rings is 1. The maximum absolute atomic E-state index is 13.6. The number of carbonyl (C=O) groups excluding carboxylic acids is 2. The number of piperazine rings is 1. The molecule has 1 aliphatic rings. The molecule has 0 unspecified atom stereocenters. The van der Waals surface area contributed by atoms with Crippen LogP contribution in [-0.4, -0.2) is 57.3 Å². The molecule has 5 rings (SSSR count). The quantitative estimate of drug-likeness (QED) is 0.490. The van der Waals surface area contributed by atoms with Gasteiger partial charge in [-0.2, -0.15) is 0 Å². The zero-order valence-electron chi connectivity index (χ0n) is 17.4. The summed E-state index contributed by atoms with van der Waals surface area (Å²) in [5.74, 6) is 0.173. The highest BCUT2D eigenvalue weighted by Gasteiger charge is 2.30. The number of thiophene rings is 1. The SMILES string of the molecule is Cc1cc(C)c2c(-n3cccc3)c(C(=O)N3CCN(C(=O)c4ccco4)CC3)sc2n1. The molecule has 8 heteroatoms. The highest BCUT2D eigenvalue weighted by molar-refractivity contribution is 7.21. The van der Waals surface area contributed by atoms with Gasteiger partial charge in [0.05, 0.1) is 12.0 Å². The number of hydrogen-bond acceptors (Lipinski definition) is 5. The highest BCUT2D eigenvalue weighted by Crippen LogP contribution is 2.36. The van der Waals surface area contributed by atoms with Crippen molar-refractivity contribution in [3.8, 4) is 5.69 Å². The van der Waals surface area contributed by atoms with E-state index < -0.39 is 0 Å². The zero-order chi connectivity index (χ0) is 21.5. The van der Waals surface area contributed by atoms with Gasteiger partial charge in [0.1, 0.15) is 9.71 Å². The Morgan fingerprint density at radius 3 is 2.32 bits per heavy atom. The van der Waals surface area contributed by atoms with Gasteiger partial charge in [0.2, 0.25) is 0 Å². The summed E-state index contributed by atoms with van der Waals surface area (Å²) in [6, 6.07) is 9.32. The van der Waals surface area contributed by atoms with Gasteiger partial charge in [-0.05, 0) is 49.7 Å². The molecular formula is C23H22N4O3S. The third-order valence-corrected chi connectivity index (χ3v) is 6.67. The number of aryl methyl sites for hydroxylation is 2. The van der Waals surface area contributed by atoms with E-state index in [2.05, 4.69) is 13.0 Å². The van der Waals surface area contributed by atoms with Crippen LogP contribution < -0.4 is 0 Å². The molecule has 0 spiro atoms. The van der Waals surface area contributed by atoms with E-state index in [1.807, 2.05) is 40.9 Å². The minimum absolute atomic E-state index is 0.0196. The summed E-state index contributed by atoms with van der Waals surface area (Å²) in [7, 11) is 0. The lowest BCUT2D eigenvalue weighted by Gasteiger charge is -2.34. The lowest BCUT2D eigenvalue weighted by molar-refractivity contribution is 0.0520. The molecule has 31 heavy (non-hydrogen) atoms. The van der Waals surface area contributed by atoms with Gasteiger partial charge in [-0.15, -0.1) is 11.3 Å². The van der Waals surface area contributed by atoms with Crippen LogP contribution in [0.2, 0.25) is 0 Å². The molecule has 0 N–H and O–H groups in total. The molecule has 158 valence electrons. The van der Waals surface area contributed by atoms with Crippen molar-refractivity contribution in [3.63, 3.8) is 0 Å². The fourth-order valence-electron chi connectivity index (χ4n) is 4.11. The summed E-state index contributed by atoms with van der Waals surface area (Å²) < 4.78 is 7.22. The topological polar surface area (TPSA) is 71.6 Å². The number of hydrogen-bond donors (Lipinski definition) is 0. The number of fused-ring (bicyclic) bond motifs is 1. The minimum Gasteiger partial charge on any atom is -0.459 e. The Labute approximate surface area is 183 Å². The Morgan fingerprint density at radius 2 is 1.68 bits per heavy atom. The van der Waals surface area contributed by atoms with E-state index in [1.165, 1.54) is 17.6 Å². The van der Waals surface area contributed by atoms with Crippen molar-refractivity contribution in [2.24, 2.45) is 0 Å². The Hall–Kier alpha value is -3.39. The van der Waals surface area contributed by atoms with Crippen molar-refractivity contribution in [2.45, 2.75) is 13.8 Å². The first kappa shape index (κ1) is 19.6. The van der Waals surface area contributed by atoms with Crippen LogP contribution in [0.5, 0.6) is 0 Å². The molecule has 0 aromatic carbocycles. The standard InChI is InChI=1S/C23H22N4O3S/c1-15-14-16(2)24-21-18(15)19(25-7-3-4-8-25)20(31-21)23(29)27-11-9-26(10-12-27)22(28)17-6-5-13-30-17/h3-8,13-14H,9-12H2,1-2H3. The summed E-state index contributed by atoms with van der Waals surface area (Å²) in [6.45, 7) is 5.95. The summed E-state index contributed by atoms with van der Waals surface area (Å²) in [6.07, 6.45) is 5.41. The molecule has 0 saturated carbocycles. The summed E-state index contributed by atoms with van der Waals surface area (Å²) in [5, 5.41) is 1.02. The number of nitrogens with zero attached hydrogens (tertiary/aromatic N) is 4. The second kappa shape index (κ2) is 7.70. The maximum atomic E-state index is 13.6. The molecule has 1 saturated heterocycles. The van der Waals surface area contributed by atoms with Crippen molar-refractivity contribution in [3.05, 3.63) is 70.9 Å². The van der Waals surface area contributed by atoms with Crippen LogP contribution in [0.3, 0.4) is 0 Å². The molecule has 1 fully saturated rings. The van der Waals surface area contributed by atoms with E-state index >= 15 is 0 Å². The van der Waals surface area contributed by atoms with Crippen LogP contribution in [0, 0.1) is 13.8 Å². The molecule has 0 bridgehead atoms. The van der Waals surface area contributed by atoms with E-state index in [4.69, 9.17) is 9.40 Å². The van der Waals surface area contributed by atoms with Crippen molar-refractivity contribution in [2.75, 3.05) is 26.2 Å². The first-order valence-electron chi connectivity index (χ1n) is 10.2. The van der Waals surface area contributed by atoms with Crippen molar-refractivity contribution in [1.82, 2.24) is 19.4 Å². The van der Waals surface area contributed by atoms with Gasteiger partial charge >= 0.3 is 0 Å². The molecule has 0 atom stereocenters. The number of furan rings is 1. The first-order valence-corrected chi connectivity index (χ1v) is 11.0. The second-order valence-corrected chi connectivity index (χ2v) is 8.69. The Balaban J connectivity index is 1.45. The highest BCUT2D eigenvalue weighted by atomic mass is 32.1. The summed E-state index contributed by atoms with van der Waals surface area (Å²) in [5.41, 5.74) is 2.93. The van der Waals surface area contributed by atoms with Crippen LogP contribution in [0.4, 0.5) is 0 Å². The molecule has 0 radical (unpaired) electrons. The maximum Gasteiger partial charge on any atom is 0.289 e. The number of aromatic nitrogens is 2. The monoisotopic (exact) mass is 434 g/mol. The van der Waals surface area contributed by atoms with Crippen LogP contribution in [-0.2, 0) is 0 Å². The predicted molar refractivity (Wildman–Crippen MR) is 119 cm³/mol. The van der Waals surface area contributed by atoms with Gasteiger partial charge < -0.3 is 18.8 Å². The Kier molecular flexibility index (Phi) is 4.86. The number of carbonyl (C=O) groups is 2. The molecular weight excluding hydrogens is 412 g/mol. The largest absolute Gasteiger partial charge is 0.459 e. The van der Waals surface area contributed by atoms with E-state index in [0.717, 1.165) is 27.2 Å². The van der Waals surface area contributed by atoms with Crippen molar-refractivity contribution < 1.29 is 14.0 Å². The van der Waals surface area contributed by atoms with Gasteiger partial charge in [-0.25, -0.2) is 4.98 Å². The molecule has 1 aliphatic heterocycles.